The predicted octanol–water partition coefficient (Wildman–Crippen LogP) is 3.06. The smallest absolute Gasteiger partial charge is 0.377 e. The third-order valence-corrected chi connectivity index (χ3v) is 8.88. The summed E-state index contributed by atoms with van der Waals surface area (Å²) in [6.45, 7) is 4.70. The first-order chi connectivity index (χ1) is 17.0. The van der Waals surface area contributed by atoms with Crippen LogP contribution in [0.25, 0.3) is 10.8 Å². The summed E-state index contributed by atoms with van der Waals surface area (Å²) in [6.07, 6.45) is 0. The van der Waals surface area contributed by atoms with Crippen molar-refractivity contribution >= 4 is 52.5 Å². The van der Waals surface area contributed by atoms with Crippen molar-refractivity contribution in [3.8, 4) is 5.75 Å². The number of fused-ring (bicyclic) bond motifs is 1. The molecule has 0 atom stereocenters. The molecule has 10 nitrogen and oxygen atoms in total. The molecule has 0 heterocycles. The molecular formula is C18H15F7N2O8S3. The van der Waals surface area contributed by atoms with E-state index < -0.39 is 69.6 Å². The Morgan fingerprint density at radius 3 is 1.95 bits per heavy atom. The lowest BCUT2D eigenvalue weighted by molar-refractivity contribution is -0.245. The number of sulfonamides is 2. The van der Waals surface area contributed by atoms with E-state index >= 15 is 0 Å². The van der Waals surface area contributed by atoms with E-state index in [4.69, 9.17) is 0 Å². The minimum Gasteiger partial charge on any atom is -0.377 e. The second-order valence-corrected chi connectivity index (χ2v) is 12.6. The highest BCUT2D eigenvalue weighted by Gasteiger charge is 2.83. The van der Waals surface area contributed by atoms with Crippen molar-refractivity contribution in [2.75, 3.05) is 11.3 Å². The Hall–Kier alpha value is -2.97. The summed E-state index contributed by atoms with van der Waals surface area (Å²) in [6, 6.07) is 3.47. The Morgan fingerprint density at radius 2 is 1.42 bits per heavy atom. The minimum absolute atomic E-state index is 0.0172. The average Bonchev–Trinajstić information content (AvgIpc) is 2.78. The lowest BCUT2D eigenvalue weighted by atomic mass is 10.1. The van der Waals surface area contributed by atoms with Gasteiger partial charge >= 0.3 is 26.5 Å². The molecule has 0 bridgehead atoms. The van der Waals surface area contributed by atoms with Gasteiger partial charge in [0.2, 0.25) is 6.01 Å². The molecule has 0 aromatic heterocycles. The third kappa shape index (κ3) is 5.43. The first-order valence-electron chi connectivity index (χ1n) is 9.42. The summed E-state index contributed by atoms with van der Waals surface area (Å²) in [5.74, 6) is -9.23. The van der Waals surface area contributed by atoms with Crippen LogP contribution in [0.3, 0.4) is 0 Å². The van der Waals surface area contributed by atoms with Crippen LogP contribution >= 0.6 is 0 Å². The molecule has 0 radical (unpaired) electrons. The van der Waals surface area contributed by atoms with Gasteiger partial charge in [0.1, 0.15) is 0 Å². The van der Waals surface area contributed by atoms with Crippen molar-refractivity contribution in [2.24, 2.45) is 0 Å². The van der Waals surface area contributed by atoms with E-state index in [1.54, 1.807) is 0 Å². The average molecular weight is 617 g/mol. The Balaban J connectivity index is 2.58. The van der Waals surface area contributed by atoms with Crippen molar-refractivity contribution in [2.45, 2.75) is 23.4 Å². The van der Waals surface area contributed by atoms with Crippen LogP contribution in [-0.2, 0) is 35.0 Å². The summed E-state index contributed by atoms with van der Waals surface area (Å²) in [4.78, 5) is 11.9. The van der Waals surface area contributed by atoms with Gasteiger partial charge in [0.25, 0.3) is 26.0 Å². The molecule has 1 amide bonds. The molecule has 20 heteroatoms. The Kier molecular flexibility index (Phi) is 8.20. The second-order valence-electron chi connectivity index (χ2n) is 7.35. The van der Waals surface area contributed by atoms with Crippen LogP contribution in [0.4, 0.5) is 36.4 Å². The zero-order valence-corrected chi connectivity index (χ0v) is 21.0. The SMILES string of the molecule is C=C(C)C(=O)Nc1cccc2c(OS(=O)(=O)C(F)(F)C(F)(F)C(F)(F)S(=O)(=O)NS(=O)(=O)CF)cccc12. The molecule has 0 fully saturated rings. The van der Waals surface area contributed by atoms with Crippen LogP contribution in [0, 0.1) is 0 Å². The zero-order chi connectivity index (χ0) is 29.5. The van der Waals surface area contributed by atoms with Crippen LogP contribution in [-0.4, -0.2) is 53.6 Å². The highest BCUT2D eigenvalue weighted by atomic mass is 32.3. The van der Waals surface area contributed by atoms with E-state index in [0.717, 1.165) is 18.2 Å². The fourth-order valence-electron chi connectivity index (χ4n) is 2.60. The van der Waals surface area contributed by atoms with Crippen LogP contribution in [0.15, 0.2) is 48.6 Å². The van der Waals surface area contributed by atoms with Crippen molar-refractivity contribution in [1.29, 1.82) is 0 Å². The standard InChI is InChI=1S/C18H15F7N2O8S3/c1-10(2)15(28)26-13-7-3-6-12-11(13)5-4-8-14(12)35-38(33,34)18(24,25)16(20,21)17(22,23)37(31,32)27-36(29,30)9-19/h3-8,27H,1,9H2,2H3,(H,26,28). The maximum absolute atomic E-state index is 14.4. The van der Waals surface area contributed by atoms with Crippen molar-refractivity contribution in [1.82, 2.24) is 4.13 Å². The Bertz CT molecular complexity index is 1610. The van der Waals surface area contributed by atoms with Crippen LogP contribution < -0.4 is 13.6 Å². The molecule has 38 heavy (non-hydrogen) atoms. The minimum atomic E-state index is -7.37. The van der Waals surface area contributed by atoms with E-state index in [1.165, 1.54) is 19.1 Å². The number of benzene rings is 2. The van der Waals surface area contributed by atoms with E-state index in [-0.39, 0.29) is 20.8 Å². The number of carbonyl (C=O) groups is 1. The van der Waals surface area contributed by atoms with Crippen LogP contribution in [0.5, 0.6) is 5.75 Å². The quantitative estimate of drug-likeness (QED) is 0.222. The molecule has 0 saturated carbocycles. The van der Waals surface area contributed by atoms with Crippen molar-refractivity contribution in [3.63, 3.8) is 0 Å². The molecule has 0 aliphatic carbocycles. The van der Waals surface area contributed by atoms with E-state index in [0.29, 0.717) is 6.07 Å². The first kappa shape index (κ1) is 31.2. The molecule has 212 valence electrons. The molecular weight excluding hydrogens is 601 g/mol. The van der Waals surface area contributed by atoms with E-state index in [1.807, 2.05) is 0 Å². The number of hydrogen-bond donors (Lipinski definition) is 2. The fourth-order valence-corrected chi connectivity index (χ4v) is 5.99. The fraction of sp³-hybridized carbons (Fsp3) is 0.278. The number of nitrogens with one attached hydrogen (secondary N) is 2. The number of alkyl halides is 7. The molecule has 2 aromatic carbocycles. The Morgan fingerprint density at radius 1 is 0.895 bits per heavy atom. The maximum Gasteiger partial charge on any atom is 0.450 e. The van der Waals surface area contributed by atoms with E-state index in [2.05, 4.69) is 16.1 Å². The summed E-state index contributed by atoms with van der Waals surface area (Å²) < 4.78 is 170. The summed E-state index contributed by atoms with van der Waals surface area (Å²) >= 11 is 0. The van der Waals surface area contributed by atoms with Gasteiger partial charge in [0.15, 0.2) is 5.75 Å². The van der Waals surface area contributed by atoms with Gasteiger partial charge in [-0.3, -0.25) is 4.79 Å². The van der Waals surface area contributed by atoms with E-state index in [9.17, 15) is 60.8 Å². The summed E-state index contributed by atoms with van der Waals surface area (Å²) in [5, 5.41) is -12.3. The van der Waals surface area contributed by atoms with Crippen LogP contribution in [0.2, 0.25) is 0 Å². The number of rotatable bonds is 11. The van der Waals surface area contributed by atoms with Gasteiger partial charge in [0.05, 0.1) is 0 Å². The Labute approximate surface area is 210 Å². The highest BCUT2D eigenvalue weighted by molar-refractivity contribution is 8.05. The first-order valence-corrected chi connectivity index (χ1v) is 14.0. The van der Waals surface area contributed by atoms with Crippen molar-refractivity contribution < 1.29 is 65.0 Å². The molecule has 2 aromatic rings. The third-order valence-electron chi connectivity index (χ3n) is 4.48. The molecule has 2 N–H and O–H groups in total. The van der Waals surface area contributed by atoms with Gasteiger partial charge < -0.3 is 9.50 Å². The lowest BCUT2D eigenvalue weighted by Crippen LogP contribution is -2.63. The van der Waals surface area contributed by atoms with Gasteiger partial charge in [-0.2, -0.15) is 34.8 Å². The van der Waals surface area contributed by atoms with Gasteiger partial charge in [-0.05, 0) is 19.1 Å². The lowest BCUT2D eigenvalue weighted by Gasteiger charge is -2.31. The topological polar surface area (TPSA) is 153 Å². The summed E-state index contributed by atoms with van der Waals surface area (Å²) in [7, 11) is -20.4. The molecule has 0 saturated heterocycles. The number of hydrogen-bond acceptors (Lipinski definition) is 8. The molecule has 0 unspecified atom stereocenters. The van der Waals surface area contributed by atoms with Gasteiger partial charge in [0, 0.05) is 22.0 Å². The monoisotopic (exact) mass is 616 g/mol. The van der Waals surface area contributed by atoms with Crippen LogP contribution in [0.1, 0.15) is 6.92 Å². The van der Waals surface area contributed by atoms with Gasteiger partial charge in [-0.25, -0.2) is 21.2 Å². The van der Waals surface area contributed by atoms with Crippen molar-refractivity contribution in [3.05, 3.63) is 48.6 Å². The van der Waals surface area contributed by atoms with Gasteiger partial charge in [-0.15, -0.1) is 4.13 Å². The number of amides is 1. The maximum atomic E-state index is 14.4. The summed E-state index contributed by atoms with van der Waals surface area (Å²) in [5.41, 5.74) is -0.0447. The molecule has 0 aliphatic rings. The molecule has 0 aliphatic heterocycles. The molecule has 2 rings (SSSR count). The molecule has 0 spiro atoms. The number of anilines is 1. The highest BCUT2D eigenvalue weighted by Crippen LogP contribution is 2.51. The largest absolute Gasteiger partial charge is 0.450 e. The normalized spacial score (nSPS) is 13.8. The second kappa shape index (κ2) is 9.97. The zero-order valence-electron chi connectivity index (χ0n) is 18.5. The predicted molar refractivity (Wildman–Crippen MR) is 119 cm³/mol. The number of halogens is 7. The number of carbonyl (C=O) groups excluding carboxylic acids is 1. The van der Waals surface area contributed by atoms with Gasteiger partial charge in [-0.1, -0.05) is 30.8 Å².